The summed E-state index contributed by atoms with van der Waals surface area (Å²) in [5, 5.41) is 2.60. The molecule has 0 saturated carbocycles. The quantitative estimate of drug-likeness (QED) is 0.531. The molecule has 0 saturated heterocycles. The lowest BCUT2D eigenvalue weighted by atomic mass is 9.97. The maximum Gasteiger partial charge on any atom is 0.328 e. The van der Waals surface area contributed by atoms with E-state index >= 15 is 0 Å². The number of ether oxygens (including phenoxy) is 1. The molecule has 0 aliphatic heterocycles. The summed E-state index contributed by atoms with van der Waals surface area (Å²) in [7, 11) is 1.32. The molecular weight excluding hydrogens is 206 g/mol. The van der Waals surface area contributed by atoms with Crippen LogP contribution in [0.2, 0.25) is 0 Å². The van der Waals surface area contributed by atoms with Crippen LogP contribution in [0.25, 0.3) is 0 Å². The van der Waals surface area contributed by atoms with Crippen LogP contribution in [-0.4, -0.2) is 25.0 Å². The van der Waals surface area contributed by atoms with E-state index in [1.165, 1.54) is 14.0 Å². The molecule has 1 N–H and O–H groups in total. The van der Waals surface area contributed by atoms with Gasteiger partial charge in [0.2, 0.25) is 5.91 Å². The molecule has 0 fully saturated rings. The second-order valence-electron chi connectivity index (χ2n) is 3.98. The Bertz CT molecular complexity index is 251. The lowest BCUT2D eigenvalue weighted by Gasteiger charge is -2.19. The Balaban J connectivity index is 4.24. The van der Waals surface area contributed by atoms with Gasteiger partial charge in [-0.2, -0.15) is 0 Å². The Labute approximate surface area is 97.1 Å². The Morgan fingerprint density at radius 2 is 2.12 bits per heavy atom. The lowest BCUT2D eigenvalue weighted by molar-refractivity contribution is -0.145. The molecule has 2 atom stereocenters. The van der Waals surface area contributed by atoms with Gasteiger partial charge in [-0.15, -0.1) is 6.58 Å². The fourth-order valence-electron chi connectivity index (χ4n) is 1.52. The number of amides is 1. The molecule has 0 aliphatic rings. The molecule has 1 amide bonds. The number of hydrogen-bond donors (Lipinski definition) is 1. The fraction of sp³-hybridized carbons (Fsp3) is 0.667. The number of carbonyl (C=O) groups excluding carboxylic acids is 2. The molecule has 0 rings (SSSR count). The highest BCUT2D eigenvalue weighted by molar-refractivity contribution is 5.83. The monoisotopic (exact) mass is 227 g/mol. The van der Waals surface area contributed by atoms with Gasteiger partial charge < -0.3 is 10.1 Å². The van der Waals surface area contributed by atoms with Crippen molar-refractivity contribution in [3.05, 3.63) is 12.7 Å². The Morgan fingerprint density at radius 1 is 1.50 bits per heavy atom. The summed E-state index contributed by atoms with van der Waals surface area (Å²) < 4.78 is 4.64. The molecule has 1 unspecified atom stereocenters. The van der Waals surface area contributed by atoms with Crippen LogP contribution in [0.4, 0.5) is 0 Å². The minimum atomic E-state index is -0.540. The minimum Gasteiger partial charge on any atom is -0.467 e. The normalized spacial score (nSPS) is 13.7. The number of esters is 1. The highest BCUT2D eigenvalue weighted by atomic mass is 16.5. The van der Waals surface area contributed by atoms with Crippen molar-refractivity contribution in [3.8, 4) is 0 Å². The largest absolute Gasteiger partial charge is 0.467 e. The van der Waals surface area contributed by atoms with E-state index in [1.54, 1.807) is 0 Å². The third-order valence-electron chi connectivity index (χ3n) is 2.36. The molecule has 0 aromatic carbocycles. The van der Waals surface area contributed by atoms with E-state index < -0.39 is 6.04 Å². The second-order valence-corrected chi connectivity index (χ2v) is 3.98. The smallest absolute Gasteiger partial charge is 0.328 e. The van der Waals surface area contributed by atoms with Gasteiger partial charge in [0.1, 0.15) is 6.04 Å². The molecule has 4 nitrogen and oxygen atoms in total. The topological polar surface area (TPSA) is 55.4 Å². The molecule has 0 spiro atoms. The van der Waals surface area contributed by atoms with Crippen molar-refractivity contribution in [2.24, 2.45) is 5.92 Å². The zero-order chi connectivity index (χ0) is 12.6. The summed E-state index contributed by atoms with van der Waals surface area (Å²) in [6.45, 7) is 7.09. The van der Waals surface area contributed by atoms with Crippen molar-refractivity contribution in [1.82, 2.24) is 5.32 Å². The van der Waals surface area contributed by atoms with E-state index in [0.29, 0.717) is 12.3 Å². The lowest BCUT2D eigenvalue weighted by Crippen LogP contribution is -2.41. The van der Waals surface area contributed by atoms with Crippen molar-refractivity contribution in [3.63, 3.8) is 0 Å². The zero-order valence-electron chi connectivity index (χ0n) is 10.3. The van der Waals surface area contributed by atoms with Crippen molar-refractivity contribution < 1.29 is 14.3 Å². The third-order valence-corrected chi connectivity index (χ3v) is 2.36. The van der Waals surface area contributed by atoms with Gasteiger partial charge in [-0.3, -0.25) is 4.79 Å². The van der Waals surface area contributed by atoms with Crippen molar-refractivity contribution >= 4 is 11.9 Å². The Kier molecular flexibility index (Phi) is 7.25. The molecule has 0 bridgehead atoms. The first-order chi connectivity index (χ1) is 7.51. The highest BCUT2D eigenvalue weighted by Gasteiger charge is 2.22. The van der Waals surface area contributed by atoms with Crippen LogP contribution in [0.5, 0.6) is 0 Å². The van der Waals surface area contributed by atoms with Gasteiger partial charge in [-0.05, 0) is 25.2 Å². The van der Waals surface area contributed by atoms with Crippen LogP contribution in [0.3, 0.4) is 0 Å². The first-order valence-electron chi connectivity index (χ1n) is 5.47. The third kappa shape index (κ3) is 6.22. The van der Waals surface area contributed by atoms with Gasteiger partial charge in [0.15, 0.2) is 0 Å². The van der Waals surface area contributed by atoms with Crippen LogP contribution >= 0.6 is 0 Å². The van der Waals surface area contributed by atoms with Gasteiger partial charge in [0, 0.05) is 6.92 Å². The molecule has 0 aromatic rings. The first kappa shape index (κ1) is 14.7. The van der Waals surface area contributed by atoms with Gasteiger partial charge >= 0.3 is 5.97 Å². The van der Waals surface area contributed by atoms with Crippen molar-refractivity contribution in [2.45, 2.75) is 39.2 Å². The van der Waals surface area contributed by atoms with E-state index in [2.05, 4.69) is 16.6 Å². The fourth-order valence-corrected chi connectivity index (χ4v) is 1.52. The number of allylic oxidation sites excluding steroid dienone is 1. The molecule has 0 radical (unpaired) electrons. The van der Waals surface area contributed by atoms with Crippen LogP contribution < -0.4 is 5.32 Å². The van der Waals surface area contributed by atoms with Gasteiger partial charge in [0.05, 0.1) is 7.11 Å². The van der Waals surface area contributed by atoms with Crippen LogP contribution in [0.1, 0.15) is 33.1 Å². The van der Waals surface area contributed by atoms with Crippen LogP contribution in [0, 0.1) is 5.92 Å². The number of rotatable bonds is 7. The van der Waals surface area contributed by atoms with E-state index in [-0.39, 0.29) is 11.9 Å². The Morgan fingerprint density at radius 3 is 2.56 bits per heavy atom. The summed E-state index contributed by atoms with van der Waals surface area (Å²) in [5.41, 5.74) is 0. The molecule has 0 heterocycles. The highest BCUT2D eigenvalue weighted by Crippen LogP contribution is 2.13. The van der Waals surface area contributed by atoms with Crippen LogP contribution in [-0.2, 0) is 14.3 Å². The van der Waals surface area contributed by atoms with Crippen LogP contribution in [0.15, 0.2) is 12.7 Å². The maximum atomic E-state index is 11.4. The van der Waals surface area contributed by atoms with Crippen molar-refractivity contribution in [2.75, 3.05) is 7.11 Å². The Hall–Kier alpha value is -1.32. The molecule has 16 heavy (non-hydrogen) atoms. The summed E-state index contributed by atoms with van der Waals surface area (Å²) >= 11 is 0. The van der Waals surface area contributed by atoms with Gasteiger partial charge in [-0.1, -0.05) is 13.0 Å². The van der Waals surface area contributed by atoms with E-state index in [4.69, 9.17) is 0 Å². The minimum absolute atomic E-state index is 0.216. The predicted octanol–water partition coefficient (Wildman–Crippen LogP) is 1.66. The molecule has 4 heteroatoms. The molecule has 0 aromatic heterocycles. The van der Waals surface area contributed by atoms with Crippen molar-refractivity contribution in [1.29, 1.82) is 0 Å². The maximum absolute atomic E-state index is 11.4. The number of carbonyl (C=O) groups is 2. The van der Waals surface area contributed by atoms with E-state index in [0.717, 1.165) is 12.8 Å². The van der Waals surface area contributed by atoms with E-state index in [1.807, 2.05) is 13.0 Å². The molecular formula is C12H21NO3. The average molecular weight is 227 g/mol. The summed E-state index contributed by atoms with van der Waals surface area (Å²) in [6, 6.07) is -0.540. The molecule has 92 valence electrons. The average Bonchev–Trinajstić information content (AvgIpc) is 2.23. The SMILES string of the molecule is C=CCCC(C)C[C@@H](NC(C)=O)C(=O)OC. The predicted molar refractivity (Wildman–Crippen MR) is 62.8 cm³/mol. The number of nitrogens with one attached hydrogen (secondary N) is 1. The molecule has 0 aliphatic carbocycles. The number of hydrogen-bond acceptors (Lipinski definition) is 3. The van der Waals surface area contributed by atoms with Gasteiger partial charge in [-0.25, -0.2) is 4.79 Å². The number of methoxy groups -OCH3 is 1. The second kappa shape index (κ2) is 7.91. The summed E-state index contributed by atoms with van der Waals surface area (Å²) in [4.78, 5) is 22.3. The standard InChI is InChI=1S/C12H21NO3/c1-5-6-7-9(2)8-11(12(15)16-4)13-10(3)14/h5,9,11H,1,6-8H2,2-4H3,(H,13,14)/t9?,11-/m1/s1. The zero-order valence-corrected chi connectivity index (χ0v) is 10.3. The first-order valence-corrected chi connectivity index (χ1v) is 5.47. The van der Waals surface area contributed by atoms with E-state index in [9.17, 15) is 9.59 Å². The van der Waals surface area contributed by atoms with Gasteiger partial charge in [0.25, 0.3) is 0 Å². The summed E-state index contributed by atoms with van der Waals surface area (Å²) in [6.07, 6.45) is 4.31. The summed E-state index contributed by atoms with van der Waals surface area (Å²) in [5.74, 6) is -0.263.